The molecule has 0 aliphatic carbocycles. The number of nitrogens with two attached hydrogens (primary N) is 2. The number of nitrogens with zero attached hydrogens (tertiary/aromatic N) is 1. The minimum Gasteiger partial charge on any atom is -0.492 e. The predicted octanol–water partition coefficient (Wildman–Crippen LogP) is -1.31. The highest BCUT2D eigenvalue weighted by atomic mass is 16.5. The molecule has 6 N–H and O–H groups in total. The third kappa shape index (κ3) is 3.86. The van der Waals surface area contributed by atoms with Gasteiger partial charge in [-0.2, -0.15) is 0 Å². The smallest absolute Gasteiger partial charge is 0.186 e. The second-order valence-corrected chi connectivity index (χ2v) is 4.24. The Hall–Kier alpha value is -1.31. The van der Waals surface area contributed by atoms with Crippen molar-refractivity contribution in [2.24, 2.45) is 16.5 Å². The molecule has 7 nitrogen and oxygen atoms in total. The Labute approximate surface area is 106 Å². The minimum atomic E-state index is -1.01. The van der Waals surface area contributed by atoms with E-state index in [4.69, 9.17) is 26.0 Å². The van der Waals surface area contributed by atoms with Crippen molar-refractivity contribution in [2.75, 3.05) is 13.7 Å². The maximum Gasteiger partial charge on any atom is 0.186 e. The van der Waals surface area contributed by atoms with Crippen molar-refractivity contribution >= 4 is 5.96 Å². The van der Waals surface area contributed by atoms with Crippen LogP contribution in [0.1, 0.15) is 13.3 Å². The van der Waals surface area contributed by atoms with Crippen LogP contribution in [0.5, 0.6) is 0 Å². The first-order valence-electron chi connectivity index (χ1n) is 5.73. The van der Waals surface area contributed by atoms with Gasteiger partial charge in [-0.15, -0.1) is 0 Å². The van der Waals surface area contributed by atoms with Gasteiger partial charge in [-0.25, -0.2) is 4.99 Å². The molecule has 104 valence electrons. The lowest BCUT2D eigenvalue weighted by molar-refractivity contribution is -0.110. The van der Waals surface area contributed by atoms with Crippen LogP contribution in [0.4, 0.5) is 0 Å². The van der Waals surface area contributed by atoms with Crippen LogP contribution in [0.25, 0.3) is 0 Å². The van der Waals surface area contributed by atoms with E-state index in [0.717, 1.165) is 0 Å². The van der Waals surface area contributed by atoms with Gasteiger partial charge in [0.15, 0.2) is 5.96 Å². The SMILES string of the molecule is COC(C(O)CO)C1CC(N=C(N)N)C=C(C)O1. The lowest BCUT2D eigenvalue weighted by atomic mass is 9.98. The van der Waals surface area contributed by atoms with E-state index in [1.165, 1.54) is 7.11 Å². The quantitative estimate of drug-likeness (QED) is 0.359. The van der Waals surface area contributed by atoms with Gasteiger partial charge in [-0.05, 0) is 13.0 Å². The summed E-state index contributed by atoms with van der Waals surface area (Å²) in [4.78, 5) is 4.06. The van der Waals surface area contributed by atoms with Gasteiger partial charge in [0.25, 0.3) is 0 Å². The Bertz CT molecular complexity index is 328. The second kappa shape index (κ2) is 6.58. The van der Waals surface area contributed by atoms with Crippen molar-refractivity contribution in [1.82, 2.24) is 0 Å². The van der Waals surface area contributed by atoms with Crippen LogP contribution in [-0.4, -0.2) is 54.2 Å². The molecular formula is C11H21N3O4. The molecule has 0 aromatic heterocycles. The summed E-state index contributed by atoms with van der Waals surface area (Å²) in [7, 11) is 1.45. The van der Waals surface area contributed by atoms with Crippen LogP contribution in [-0.2, 0) is 9.47 Å². The standard InChI is InChI=1S/C11H21N3O4/c1-6-3-7(14-11(12)13)4-9(18-6)10(17-2)8(16)5-15/h3,7-10,15-16H,4-5H2,1-2H3,(H4,12,13,14). The third-order valence-electron chi connectivity index (χ3n) is 2.76. The molecule has 0 fully saturated rings. The van der Waals surface area contributed by atoms with Crippen molar-refractivity contribution in [3.05, 3.63) is 11.8 Å². The topological polar surface area (TPSA) is 123 Å². The zero-order valence-corrected chi connectivity index (χ0v) is 10.6. The summed E-state index contributed by atoms with van der Waals surface area (Å²) in [6.07, 6.45) is 0.232. The van der Waals surface area contributed by atoms with E-state index < -0.39 is 24.9 Å². The Morgan fingerprint density at radius 2 is 2.33 bits per heavy atom. The molecule has 4 unspecified atom stereocenters. The predicted molar refractivity (Wildman–Crippen MR) is 66.7 cm³/mol. The number of allylic oxidation sites excluding steroid dienone is 1. The summed E-state index contributed by atoms with van der Waals surface area (Å²) >= 11 is 0. The van der Waals surface area contributed by atoms with Crippen LogP contribution in [0.2, 0.25) is 0 Å². The van der Waals surface area contributed by atoms with Gasteiger partial charge in [-0.1, -0.05) is 0 Å². The first-order chi connectivity index (χ1) is 8.47. The number of aliphatic hydroxyl groups excluding tert-OH is 2. The molecule has 1 aliphatic heterocycles. The Balaban J connectivity index is 2.79. The normalized spacial score (nSPS) is 26.8. The van der Waals surface area contributed by atoms with E-state index >= 15 is 0 Å². The van der Waals surface area contributed by atoms with Gasteiger partial charge in [0, 0.05) is 13.5 Å². The highest BCUT2D eigenvalue weighted by Gasteiger charge is 2.33. The number of guanidine groups is 1. The molecule has 0 bridgehead atoms. The number of hydrogen-bond acceptors (Lipinski definition) is 5. The van der Waals surface area contributed by atoms with Crippen molar-refractivity contribution < 1.29 is 19.7 Å². The van der Waals surface area contributed by atoms with E-state index in [1.54, 1.807) is 13.0 Å². The lowest BCUT2D eigenvalue weighted by Crippen LogP contribution is -2.45. The molecule has 0 aromatic carbocycles. The van der Waals surface area contributed by atoms with Gasteiger partial charge >= 0.3 is 0 Å². The van der Waals surface area contributed by atoms with Crippen LogP contribution in [0.15, 0.2) is 16.8 Å². The fourth-order valence-corrected chi connectivity index (χ4v) is 2.05. The molecule has 1 heterocycles. The molecule has 7 heteroatoms. The average molecular weight is 259 g/mol. The minimum absolute atomic E-state index is 0.00127. The maximum atomic E-state index is 9.66. The molecule has 0 radical (unpaired) electrons. The zero-order chi connectivity index (χ0) is 13.7. The Morgan fingerprint density at radius 3 is 2.83 bits per heavy atom. The summed E-state index contributed by atoms with van der Waals surface area (Å²) < 4.78 is 10.8. The molecule has 0 saturated heterocycles. The molecule has 0 spiro atoms. The van der Waals surface area contributed by atoms with E-state index in [-0.39, 0.29) is 12.0 Å². The molecule has 4 atom stereocenters. The average Bonchev–Trinajstić information content (AvgIpc) is 2.28. The first-order valence-corrected chi connectivity index (χ1v) is 5.73. The van der Waals surface area contributed by atoms with Gasteiger partial charge in [0.05, 0.1) is 18.4 Å². The van der Waals surface area contributed by atoms with Crippen molar-refractivity contribution in [2.45, 2.75) is 37.7 Å². The number of aliphatic imine (C=N–C) groups is 1. The van der Waals surface area contributed by atoms with E-state index in [0.29, 0.717) is 12.2 Å². The molecule has 1 rings (SSSR count). The van der Waals surface area contributed by atoms with E-state index in [9.17, 15) is 5.11 Å². The molecule has 0 amide bonds. The highest BCUT2D eigenvalue weighted by Crippen LogP contribution is 2.24. The molecule has 0 saturated carbocycles. The summed E-state index contributed by atoms with van der Waals surface area (Å²) in [5.74, 6) is 0.662. The zero-order valence-electron chi connectivity index (χ0n) is 10.6. The van der Waals surface area contributed by atoms with Gasteiger partial charge in [0.2, 0.25) is 0 Å². The van der Waals surface area contributed by atoms with Crippen LogP contribution in [0, 0.1) is 0 Å². The largest absolute Gasteiger partial charge is 0.492 e. The molecule has 1 aliphatic rings. The molecule has 0 aromatic rings. The number of rotatable bonds is 5. The van der Waals surface area contributed by atoms with Crippen LogP contribution < -0.4 is 11.5 Å². The lowest BCUT2D eigenvalue weighted by Gasteiger charge is -2.33. The summed E-state index contributed by atoms with van der Waals surface area (Å²) in [6.45, 7) is 1.38. The van der Waals surface area contributed by atoms with Crippen LogP contribution >= 0.6 is 0 Å². The Morgan fingerprint density at radius 1 is 1.67 bits per heavy atom. The highest BCUT2D eigenvalue weighted by molar-refractivity contribution is 5.76. The molecule has 18 heavy (non-hydrogen) atoms. The van der Waals surface area contributed by atoms with Crippen LogP contribution in [0.3, 0.4) is 0 Å². The van der Waals surface area contributed by atoms with Crippen molar-refractivity contribution in [3.63, 3.8) is 0 Å². The first kappa shape index (κ1) is 14.7. The fraction of sp³-hybridized carbons (Fsp3) is 0.727. The van der Waals surface area contributed by atoms with Gasteiger partial charge in [0.1, 0.15) is 18.3 Å². The number of methoxy groups -OCH3 is 1. The summed E-state index contributed by atoms with van der Waals surface area (Å²) in [5.41, 5.74) is 10.7. The van der Waals surface area contributed by atoms with Gasteiger partial charge < -0.3 is 31.2 Å². The Kier molecular flexibility index (Phi) is 5.39. The van der Waals surface area contributed by atoms with Crippen molar-refractivity contribution in [1.29, 1.82) is 0 Å². The van der Waals surface area contributed by atoms with Crippen molar-refractivity contribution in [3.8, 4) is 0 Å². The number of ether oxygens (including phenoxy) is 2. The molecular weight excluding hydrogens is 238 g/mol. The van der Waals surface area contributed by atoms with E-state index in [2.05, 4.69) is 4.99 Å². The second-order valence-electron chi connectivity index (χ2n) is 4.24. The summed E-state index contributed by atoms with van der Waals surface area (Å²) in [6, 6.07) is -0.211. The fourth-order valence-electron chi connectivity index (χ4n) is 2.05. The summed E-state index contributed by atoms with van der Waals surface area (Å²) in [5, 5.41) is 18.6. The third-order valence-corrected chi connectivity index (χ3v) is 2.76. The van der Waals surface area contributed by atoms with Gasteiger partial charge in [-0.3, -0.25) is 0 Å². The number of aliphatic hydroxyl groups is 2. The van der Waals surface area contributed by atoms with E-state index in [1.807, 2.05) is 0 Å². The maximum absolute atomic E-state index is 9.66. The monoisotopic (exact) mass is 259 g/mol. The number of hydrogen-bond donors (Lipinski definition) is 4.